The average molecular weight is 227 g/mol. The van der Waals surface area contributed by atoms with Crippen LogP contribution in [0.4, 0.5) is 0 Å². The van der Waals surface area contributed by atoms with E-state index in [1.54, 1.807) is 0 Å². The highest BCUT2D eigenvalue weighted by Crippen LogP contribution is 2.26. The second-order valence-corrected chi connectivity index (χ2v) is 4.88. The van der Waals surface area contributed by atoms with Gasteiger partial charge in [-0.2, -0.15) is 5.26 Å². The molecular formula is C14H17N3. The third-order valence-electron chi connectivity index (χ3n) is 3.29. The van der Waals surface area contributed by atoms with E-state index in [1.807, 2.05) is 33.0 Å². The average Bonchev–Trinajstić information content (AvgIpc) is 2.66. The van der Waals surface area contributed by atoms with Crippen molar-refractivity contribution in [3.63, 3.8) is 0 Å². The lowest BCUT2D eigenvalue weighted by atomic mass is 9.86. The zero-order chi connectivity index (χ0) is 12.6. The lowest BCUT2D eigenvalue weighted by Crippen LogP contribution is -2.13. The lowest BCUT2D eigenvalue weighted by Gasteiger charge is -2.15. The first-order chi connectivity index (χ1) is 7.99. The number of imidazole rings is 1. The quantitative estimate of drug-likeness (QED) is 0.791. The van der Waals surface area contributed by atoms with Gasteiger partial charge in [-0.1, -0.05) is 13.0 Å². The molecule has 0 fully saturated rings. The van der Waals surface area contributed by atoms with Gasteiger partial charge in [0.1, 0.15) is 5.82 Å². The van der Waals surface area contributed by atoms with Crippen molar-refractivity contribution in [3.8, 4) is 6.07 Å². The van der Waals surface area contributed by atoms with Crippen molar-refractivity contribution in [2.75, 3.05) is 0 Å². The Morgan fingerprint density at radius 2 is 2.12 bits per heavy atom. The van der Waals surface area contributed by atoms with Crippen molar-refractivity contribution in [1.82, 2.24) is 9.55 Å². The van der Waals surface area contributed by atoms with E-state index in [0.717, 1.165) is 28.8 Å². The molecule has 2 rings (SSSR count). The standard InChI is InChI=1S/C14H17N3/c1-5-13-16-11-7-6-10(14(2,3)9-15)8-12(11)17(13)4/h6-8H,5H2,1-4H3. The van der Waals surface area contributed by atoms with Crippen molar-refractivity contribution in [3.05, 3.63) is 29.6 Å². The maximum absolute atomic E-state index is 9.17. The minimum atomic E-state index is -0.454. The fourth-order valence-electron chi connectivity index (χ4n) is 2.01. The summed E-state index contributed by atoms with van der Waals surface area (Å²) in [5, 5.41) is 9.17. The Bertz CT molecular complexity index is 600. The van der Waals surface area contributed by atoms with Crippen LogP contribution in [0.15, 0.2) is 18.2 Å². The summed E-state index contributed by atoms with van der Waals surface area (Å²) in [5.74, 6) is 1.08. The molecule has 1 aromatic heterocycles. The molecule has 0 bridgehead atoms. The van der Waals surface area contributed by atoms with E-state index >= 15 is 0 Å². The van der Waals surface area contributed by atoms with E-state index in [4.69, 9.17) is 5.26 Å². The zero-order valence-corrected chi connectivity index (χ0v) is 10.8. The van der Waals surface area contributed by atoms with E-state index in [0.29, 0.717) is 0 Å². The summed E-state index contributed by atoms with van der Waals surface area (Å²) in [6, 6.07) is 8.41. The van der Waals surface area contributed by atoms with Gasteiger partial charge in [0.2, 0.25) is 0 Å². The Labute approximate surface area is 102 Å². The van der Waals surface area contributed by atoms with Crippen LogP contribution in [0.5, 0.6) is 0 Å². The molecule has 3 nitrogen and oxygen atoms in total. The highest BCUT2D eigenvalue weighted by atomic mass is 15.1. The van der Waals surface area contributed by atoms with Gasteiger partial charge in [0, 0.05) is 13.5 Å². The molecule has 17 heavy (non-hydrogen) atoms. The smallest absolute Gasteiger partial charge is 0.109 e. The van der Waals surface area contributed by atoms with Crippen LogP contribution >= 0.6 is 0 Å². The maximum Gasteiger partial charge on any atom is 0.109 e. The van der Waals surface area contributed by atoms with Crippen LogP contribution in [0.25, 0.3) is 11.0 Å². The second kappa shape index (κ2) is 3.89. The number of nitriles is 1. The number of aryl methyl sites for hydroxylation is 2. The van der Waals surface area contributed by atoms with Gasteiger partial charge in [0.05, 0.1) is 22.5 Å². The van der Waals surface area contributed by atoms with Gasteiger partial charge in [-0.25, -0.2) is 4.98 Å². The van der Waals surface area contributed by atoms with Gasteiger partial charge in [-0.3, -0.25) is 0 Å². The number of hydrogen-bond acceptors (Lipinski definition) is 2. The maximum atomic E-state index is 9.17. The van der Waals surface area contributed by atoms with E-state index in [1.165, 1.54) is 0 Å². The number of rotatable bonds is 2. The number of fused-ring (bicyclic) bond motifs is 1. The molecule has 0 saturated heterocycles. The molecule has 0 atom stereocenters. The summed E-state index contributed by atoms with van der Waals surface area (Å²) in [5.41, 5.74) is 2.69. The van der Waals surface area contributed by atoms with Crippen molar-refractivity contribution < 1.29 is 0 Å². The Hall–Kier alpha value is -1.82. The summed E-state index contributed by atoms with van der Waals surface area (Å²) in [6.45, 7) is 5.97. The van der Waals surface area contributed by atoms with Crippen LogP contribution < -0.4 is 0 Å². The summed E-state index contributed by atoms with van der Waals surface area (Å²) < 4.78 is 2.10. The van der Waals surface area contributed by atoms with Crippen molar-refractivity contribution in [2.45, 2.75) is 32.6 Å². The predicted molar refractivity (Wildman–Crippen MR) is 68.7 cm³/mol. The second-order valence-electron chi connectivity index (χ2n) is 4.88. The van der Waals surface area contributed by atoms with Crippen LogP contribution in [0, 0.1) is 11.3 Å². The Balaban J connectivity index is 2.66. The molecule has 0 N–H and O–H groups in total. The number of nitrogens with zero attached hydrogens (tertiary/aromatic N) is 3. The third kappa shape index (κ3) is 1.80. The molecule has 0 aliphatic rings. The summed E-state index contributed by atoms with van der Waals surface area (Å²) >= 11 is 0. The topological polar surface area (TPSA) is 41.6 Å². The largest absolute Gasteiger partial charge is 0.331 e. The molecule has 0 aliphatic carbocycles. The molecule has 2 aromatic rings. The summed E-state index contributed by atoms with van der Waals surface area (Å²) in [4.78, 5) is 4.56. The molecule has 0 amide bonds. The molecule has 1 heterocycles. The molecule has 0 spiro atoms. The monoisotopic (exact) mass is 227 g/mol. The molecule has 3 heteroatoms. The minimum absolute atomic E-state index is 0.454. The van der Waals surface area contributed by atoms with Gasteiger partial charge < -0.3 is 4.57 Å². The third-order valence-corrected chi connectivity index (χ3v) is 3.29. The molecule has 0 radical (unpaired) electrons. The summed E-state index contributed by atoms with van der Waals surface area (Å²) in [6.07, 6.45) is 0.919. The van der Waals surface area contributed by atoms with Gasteiger partial charge >= 0.3 is 0 Å². The first-order valence-electron chi connectivity index (χ1n) is 5.86. The lowest BCUT2D eigenvalue weighted by molar-refractivity contribution is 0.687. The highest BCUT2D eigenvalue weighted by Gasteiger charge is 2.20. The zero-order valence-electron chi connectivity index (χ0n) is 10.8. The van der Waals surface area contributed by atoms with Gasteiger partial charge in [-0.15, -0.1) is 0 Å². The predicted octanol–water partition coefficient (Wildman–Crippen LogP) is 2.94. The highest BCUT2D eigenvalue weighted by molar-refractivity contribution is 5.77. The number of hydrogen-bond donors (Lipinski definition) is 0. The van der Waals surface area contributed by atoms with Gasteiger partial charge in [0.25, 0.3) is 0 Å². The fourth-order valence-corrected chi connectivity index (χ4v) is 2.01. The van der Waals surface area contributed by atoms with Crippen molar-refractivity contribution in [1.29, 1.82) is 5.26 Å². The Morgan fingerprint density at radius 3 is 2.71 bits per heavy atom. The number of benzene rings is 1. The molecule has 0 unspecified atom stereocenters. The summed E-state index contributed by atoms with van der Waals surface area (Å²) in [7, 11) is 2.03. The molecule has 0 aliphatic heterocycles. The SMILES string of the molecule is CCc1nc2ccc(C(C)(C)C#N)cc2n1C. The van der Waals surface area contributed by atoms with Crippen LogP contribution in [-0.4, -0.2) is 9.55 Å². The first kappa shape index (κ1) is 11.7. The van der Waals surface area contributed by atoms with E-state index in [9.17, 15) is 0 Å². The molecule has 1 aromatic carbocycles. The Morgan fingerprint density at radius 1 is 1.41 bits per heavy atom. The van der Waals surface area contributed by atoms with Crippen molar-refractivity contribution >= 4 is 11.0 Å². The van der Waals surface area contributed by atoms with Gasteiger partial charge in [0.15, 0.2) is 0 Å². The fraction of sp³-hybridized carbons (Fsp3) is 0.429. The van der Waals surface area contributed by atoms with Gasteiger partial charge in [-0.05, 0) is 31.5 Å². The normalized spacial score (nSPS) is 11.7. The minimum Gasteiger partial charge on any atom is -0.331 e. The van der Waals surface area contributed by atoms with E-state index in [2.05, 4.69) is 28.6 Å². The van der Waals surface area contributed by atoms with Crippen LogP contribution in [0.2, 0.25) is 0 Å². The molecular weight excluding hydrogens is 210 g/mol. The van der Waals surface area contributed by atoms with Crippen molar-refractivity contribution in [2.24, 2.45) is 7.05 Å². The number of aromatic nitrogens is 2. The Kier molecular flexibility index (Phi) is 2.66. The molecule has 88 valence electrons. The van der Waals surface area contributed by atoms with E-state index < -0.39 is 5.41 Å². The first-order valence-corrected chi connectivity index (χ1v) is 5.86. The van der Waals surface area contributed by atoms with Crippen LogP contribution in [-0.2, 0) is 18.9 Å². The van der Waals surface area contributed by atoms with E-state index in [-0.39, 0.29) is 0 Å². The molecule has 0 saturated carbocycles. The van der Waals surface area contributed by atoms with Crippen LogP contribution in [0.1, 0.15) is 32.2 Å². The van der Waals surface area contributed by atoms with Crippen LogP contribution in [0.3, 0.4) is 0 Å².